The van der Waals surface area contributed by atoms with Crippen molar-refractivity contribution in [2.45, 2.75) is 40.3 Å². The molecule has 2 rings (SSSR count). The molecular formula is C13H24N4O3S. The van der Waals surface area contributed by atoms with E-state index in [2.05, 4.69) is 9.82 Å². The van der Waals surface area contributed by atoms with Gasteiger partial charge in [-0.15, -0.1) is 0 Å². The van der Waals surface area contributed by atoms with Crippen LogP contribution in [-0.2, 0) is 21.5 Å². The Morgan fingerprint density at radius 3 is 2.48 bits per heavy atom. The second kappa shape index (κ2) is 6.43. The van der Waals surface area contributed by atoms with Crippen LogP contribution in [0.25, 0.3) is 0 Å². The molecule has 8 heteroatoms. The first-order chi connectivity index (χ1) is 9.86. The Kier molecular flexibility index (Phi) is 5.03. The van der Waals surface area contributed by atoms with E-state index >= 15 is 0 Å². The standard InChI is InChI=1S/C13H24N4O3S/c1-5-17-12(4)13(10(2)14-17)11(3)15-21(18,19)16-6-8-20-9-7-16/h11,15H,5-9H2,1-4H3. The molecule has 1 aromatic heterocycles. The Hall–Kier alpha value is -0.960. The summed E-state index contributed by atoms with van der Waals surface area (Å²) in [6, 6.07) is -0.307. The maximum absolute atomic E-state index is 12.4. The molecule has 0 saturated carbocycles. The second-order valence-electron chi connectivity index (χ2n) is 5.26. The van der Waals surface area contributed by atoms with Gasteiger partial charge in [0.25, 0.3) is 10.2 Å². The number of morpholine rings is 1. The molecule has 1 aliphatic rings. The topological polar surface area (TPSA) is 76.5 Å². The van der Waals surface area contributed by atoms with Gasteiger partial charge in [-0.25, -0.2) is 0 Å². The third-order valence-corrected chi connectivity index (χ3v) is 5.50. The van der Waals surface area contributed by atoms with Crippen LogP contribution in [-0.4, -0.2) is 48.8 Å². The average Bonchev–Trinajstić information content (AvgIpc) is 2.73. The molecular weight excluding hydrogens is 292 g/mol. The van der Waals surface area contributed by atoms with Crippen molar-refractivity contribution < 1.29 is 13.2 Å². The molecule has 1 N–H and O–H groups in total. The summed E-state index contributed by atoms with van der Waals surface area (Å²) in [5, 5.41) is 4.44. The van der Waals surface area contributed by atoms with Gasteiger partial charge in [-0.1, -0.05) is 0 Å². The first kappa shape index (κ1) is 16.4. The van der Waals surface area contributed by atoms with Gasteiger partial charge in [-0.05, 0) is 27.7 Å². The first-order valence-electron chi connectivity index (χ1n) is 7.26. The highest BCUT2D eigenvalue weighted by atomic mass is 32.2. The van der Waals surface area contributed by atoms with Gasteiger partial charge in [0.05, 0.1) is 18.9 Å². The lowest BCUT2D eigenvalue weighted by molar-refractivity contribution is 0.0723. The minimum absolute atomic E-state index is 0.307. The predicted octanol–water partition coefficient (Wildman–Crippen LogP) is 0.747. The lowest BCUT2D eigenvalue weighted by atomic mass is 10.1. The number of aromatic nitrogens is 2. The summed E-state index contributed by atoms with van der Waals surface area (Å²) in [4.78, 5) is 0. The summed E-state index contributed by atoms with van der Waals surface area (Å²) >= 11 is 0. The maximum Gasteiger partial charge on any atom is 0.280 e. The molecule has 0 aromatic carbocycles. The predicted molar refractivity (Wildman–Crippen MR) is 80.2 cm³/mol. The highest BCUT2D eigenvalue weighted by Crippen LogP contribution is 2.22. The van der Waals surface area contributed by atoms with Gasteiger partial charge < -0.3 is 4.74 Å². The molecule has 0 spiro atoms. The minimum Gasteiger partial charge on any atom is -0.379 e. The Bertz CT molecular complexity index is 591. The van der Waals surface area contributed by atoms with E-state index in [1.165, 1.54) is 4.31 Å². The zero-order valence-corrected chi connectivity index (χ0v) is 13.9. The smallest absolute Gasteiger partial charge is 0.280 e. The number of nitrogens with one attached hydrogen (secondary N) is 1. The molecule has 1 unspecified atom stereocenters. The van der Waals surface area contributed by atoms with Gasteiger partial charge >= 0.3 is 0 Å². The van der Waals surface area contributed by atoms with Gasteiger partial charge in [0, 0.05) is 36.9 Å². The molecule has 0 bridgehead atoms. The van der Waals surface area contributed by atoms with E-state index < -0.39 is 10.2 Å². The summed E-state index contributed by atoms with van der Waals surface area (Å²) in [6.07, 6.45) is 0. The normalized spacial score (nSPS) is 18.9. The molecule has 21 heavy (non-hydrogen) atoms. The van der Waals surface area contributed by atoms with E-state index in [0.29, 0.717) is 26.3 Å². The van der Waals surface area contributed by atoms with Crippen molar-refractivity contribution in [3.63, 3.8) is 0 Å². The fraction of sp³-hybridized carbons (Fsp3) is 0.769. The number of aryl methyl sites for hydroxylation is 2. The van der Waals surface area contributed by atoms with E-state index in [9.17, 15) is 8.42 Å². The molecule has 0 radical (unpaired) electrons. The van der Waals surface area contributed by atoms with Crippen LogP contribution in [0.1, 0.15) is 36.8 Å². The van der Waals surface area contributed by atoms with Crippen LogP contribution in [0, 0.1) is 13.8 Å². The number of hydrogen-bond donors (Lipinski definition) is 1. The number of rotatable bonds is 5. The van der Waals surface area contributed by atoms with Gasteiger partial charge in [0.1, 0.15) is 0 Å². The van der Waals surface area contributed by atoms with Crippen molar-refractivity contribution in [1.29, 1.82) is 0 Å². The number of ether oxygens (including phenoxy) is 1. The first-order valence-corrected chi connectivity index (χ1v) is 8.70. The molecule has 1 aliphatic heterocycles. The monoisotopic (exact) mass is 316 g/mol. The van der Waals surface area contributed by atoms with Crippen molar-refractivity contribution in [3.05, 3.63) is 17.0 Å². The van der Waals surface area contributed by atoms with Crippen LogP contribution < -0.4 is 4.72 Å². The van der Waals surface area contributed by atoms with Crippen molar-refractivity contribution in [3.8, 4) is 0 Å². The van der Waals surface area contributed by atoms with Gasteiger partial charge in [-0.3, -0.25) is 4.68 Å². The van der Waals surface area contributed by atoms with Crippen molar-refractivity contribution in [2.24, 2.45) is 0 Å². The maximum atomic E-state index is 12.4. The molecule has 0 amide bonds. The molecule has 120 valence electrons. The quantitative estimate of drug-likeness (QED) is 0.869. The third-order valence-electron chi connectivity index (χ3n) is 3.81. The average molecular weight is 316 g/mol. The van der Waals surface area contributed by atoms with Crippen LogP contribution in [0.15, 0.2) is 0 Å². The molecule has 1 fully saturated rings. The highest BCUT2D eigenvalue weighted by molar-refractivity contribution is 7.87. The zero-order chi connectivity index (χ0) is 15.6. The zero-order valence-electron chi connectivity index (χ0n) is 13.1. The second-order valence-corrected chi connectivity index (χ2v) is 6.96. The summed E-state index contributed by atoms with van der Waals surface area (Å²) in [7, 11) is -3.50. The fourth-order valence-electron chi connectivity index (χ4n) is 2.79. The molecule has 1 atom stereocenters. The van der Waals surface area contributed by atoms with Crippen molar-refractivity contribution in [1.82, 2.24) is 18.8 Å². The summed E-state index contributed by atoms with van der Waals surface area (Å²) in [5.41, 5.74) is 2.83. The SMILES string of the molecule is CCn1nc(C)c(C(C)NS(=O)(=O)N2CCOCC2)c1C. The number of nitrogens with zero attached hydrogens (tertiary/aromatic N) is 3. The molecule has 0 aliphatic carbocycles. The van der Waals surface area contributed by atoms with Crippen molar-refractivity contribution >= 4 is 10.2 Å². The largest absolute Gasteiger partial charge is 0.379 e. The molecule has 7 nitrogen and oxygen atoms in total. The minimum atomic E-state index is -3.50. The number of hydrogen-bond acceptors (Lipinski definition) is 4. The van der Waals surface area contributed by atoms with Crippen LogP contribution in [0.3, 0.4) is 0 Å². The highest BCUT2D eigenvalue weighted by Gasteiger charge is 2.28. The Balaban J connectivity index is 2.17. The van der Waals surface area contributed by atoms with E-state index in [4.69, 9.17) is 4.74 Å². The third kappa shape index (κ3) is 3.45. The van der Waals surface area contributed by atoms with Gasteiger partial charge in [0.15, 0.2) is 0 Å². The lowest BCUT2D eigenvalue weighted by Crippen LogP contribution is -2.47. The van der Waals surface area contributed by atoms with Crippen LogP contribution >= 0.6 is 0 Å². The Labute approximate surface area is 126 Å². The van der Waals surface area contributed by atoms with Gasteiger partial charge in [-0.2, -0.15) is 22.5 Å². The fourth-order valence-corrected chi connectivity index (χ4v) is 4.13. The van der Waals surface area contributed by atoms with Crippen molar-refractivity contribution in [2.75, 3.05) is 26.3 Å². The van der Waals surface area contributed by atoms with E-state index in [-0.39, 0.29) is 6.04 Å². The lowest BCUT2D eigenvalue weighted by Gasteiger charge is -2.27. The summed E-state index contributed by atoms with van der Waals surface area (Å²) in [5.74, 6) is 0. The van der Waals surface area contributed by atoms with E-state index in [1.807, 2.05) is 32.4 Å². The summed E-state index contributed by atoms with van der Waals surface area (Å²) < 4.78 is 36.1. The van der Waals surface area contributed by atoms with Gasteiger partial charge in [0.2, 0.25) is 0 Å². The van der Waals surface area contributed by atoms with Crippen LogP contribution in [0.5, 0.6) is 0 Å². The van der Waals surface area contributed by atoms with Crippen LogP contribution in [0.2, 0.25) is 0 Å². The molecule has 1 saturated heterocycles. The molecule has 1 aromatic rings. The Morgan fingerprint density at radius 1 is 1.33 bits per heavy atom. The van der Waals surface area contributed by atoms with Crippen LogP contribution in [0.4, 0.5) is 0 Å². The molecule has 2 heterocycles. The Morgan fingerprint density at radius 2 is 1.95 bits per heavy atom. The summed E-state index contributed by atoms with van der Waals surface area (Å²) in [6.45, 7) is 10.2. The van der Waals surface area contributed by atoms with E-state index in [0.717, 1.165) is 23.5 Å². The van der Waals surface area contributed by atoms with E-state index in [1.54, 1.807) is 0 Å².